The highest BCUT2D eigenvalue weighted by Crippen LogP contribution is 2.26. The lowest BCUT2D eigenvalue weighted by atomic mass is 10.1. The van der Waals surface area contributed by atoms with Gasteiger partial charge < -0.3 is 14.5 Å². The Morgan fingerprint density at radius 2 is 1.69 bits per heavy atom. The van der Waals surface area contributed by atoms with Crippen molar-refractivity contribution < 1.29 is 9.53 Å². The molecule has 2 heterocycles. The number of carbonyl (C=O) groups excluding carboxylic acids is 1. The molecule has 0 bridgehead atoms. The van der Waals surface area contributed by atoms with E-state index in [1.54, 1.807) is 19.5 Å². The molecule has 3 aromatic rings. The average Bonchev–Trinajstić information content (AvgIpc) is 2.92. The van der Waals surface area contributed by atoms with Crippen molar-refractivity contribution in [2.75, 3.05) is 43.1 Å². The van der Waals surface area contributed by atoms with E-state index in [9.17, 15) is 4.79 Å². The number of ether oxygens (including phenoxy) is 1. The third-order valence-electron chi connectivity index (χ3n) is 6.46. The van der Waals surface area contributed by atoms with Crippen LogP contribution in [0.3, 0.4) is 0 Å². The van der Waals surface area contributed by atoms with Crippen LogP contribution >= 0.6 is 0 Å². The zero-order valence-corrected chi connectivity index (χ0v) is 21.6. The van der Waals surface area contributed by atoms with Gasteiger partial charge in [0, 0.05) is 63.8 Å². The van der Waals surface area contributed by atoms with Gasteiger partial charge in [-0.25, -0.2) is 9.97 Å². The van der Waals surface area contributed by atoms with E-state index in [0.717, 1.165) is 56.5 Å². The van der Waals surface area contributed by atoms with Gasteiger partial charge in [-0.05, 0) is 47.7 Å². The Balaban J connectivity index is 1.66. The van der Waals surface area contributed by atoms with Crippen molar-refractivity contribution in [3.8, 4) is 5.75 Å². The molecule has 1 aromatic heterocycles. The molecule has 1 amide bonds. The molecular formula is C29H37N5O2. The molecule has 2 aromatic carbocycles. The number of fused-ring (bicyclic) bond motifs is 1. The average molecular weight is 488 g/mol. The van der Waals surface area contributed by atoms with E-state index in [1.807, 2.05) is 29.2 Å². The van der Waals surface area contributed by atoms with Crippen molar-refractivity contribution in [2.45, 2.75) is 39.8 Å². The molecule has 0 saturated carbocycles. The van der Waals surface area contributed by atoms with E-state index < -0.39 is 0 Å². The van der Waals surface area contributed by atoms with Crippen molar-refractivity contribution in [1.29, 1.82) is 0 Å². The second-order valence-corrected chi connectivity index (χ2v) is 9.72. The summed E-state index contributed by atoms with van der Waals surface area (Å²) in [5.74, 6) is 2.08. The number of anilines is 2. The number of benzene rings is 2. The number of hydrogen-bond donors (Lipinski definition) is 0. The molecule has 4 rings (SSSR count). The first-order chi connectivity index (χ1) is 17.5. The van der Waals surface area contributed by atoms with E-state index in [-0.39, 0.29) is 5.91 Å². The lowest BCUT2D eigenvalue weighted by Gasteiger charge is -2.28. The highest BCUT2D eigenvalue weighted by molar-refractivity contribution is 5.94. The third kappa shape index (κ3) is 6.82. The summed E-state index contributed by atoms with van der Waals surface area (Å²) in [6.45, 7) is 8.85. The maximum atomic E-state index is 13.4. The summed E-state index contributed by atoms with van der Waals surface area (Å²) >= 11 is 0. The van der Waals surface area contributed by atoms with Gasteiger partial charge in [-0.3, -0.25) is 9.69 Å². The molecule has 0 N–H and O–H groups in total. The fraction of sp³-hybridized carbons (Fsp3) is 0.414. The molecule has 36 heavy (non-hydrogen) atoms. The first kappa shape index (κ1) is 25.6. The second-order valence-electron chi connectivity index (χ2n) is 9.72. The van der Waals surface area contributed by atoms with Crippen LogP contribution < -0.4 is 14.5 Å². The van der Waals surface area contributed by atoms with Crippen LogP contribution in [0.5, 0.6) is 5.75 Å². The molecule has 1 aliphatic heterocycles. The van der Waals surface area contributed by atoms with Gasteiger partial charge in [-0.1, -0.05) is 44.2 Å². The lowest BCUT2D eigenvalue weighted by Crippen LogP contribution is -2.37. The van der Waals surface area contributed by atoms with Gasteiger partial charge in [0.1, 0.15) is 5.75 Å². The normalized spacial score (nSPS) is 15.3. The van der Waals surface area contributed by atoms with Crippen LogP contribution in [0.1, 0.15) is 37.8 Å². The summed E-state index contributed by atoms with van der Waals surface area (Å²) < 4.78 is 5.34. The summed E-state index contributed by atoms with van der Waals surface area (Å²) in [6.07, 6.45) is 4.96. The molecular weight excluding hydrogens is 450 g/mol. The molecule has 0 atom stereocenters. The van der Waals surface area contributed by atoms with Crippen LogP contribution in [0, 0.1) is 5.92 Å². The monoisotopic (exact) mass is 487 g/mol. The Bertz CT molecular complexity index is 1100. The van der Waals surface area contributed by atoms with Crippen molar-refractivity contribution in [3.63, 3.8) is 0 Å². The summed E-state index contributed by atoms with van der Waals surface area (Å²) in [5, 5.41) is 0. The molecule has 0 aliphatic carbocycles. The number of methoxy groups -OCH3 is 1. The minimum Gasteiger partial charge on any atom is -0.497 e. The Morgan fingerprint density at radius 3 is 2.42 bits per heavy atom. The molecule has 7 heteroatoms. The van der Waals surface area contributed by atoms with Gasteiger partial charge in [-0.15, -0.1) is 0 Å². The van der Waals surface area contributed by atoms with E-state index in [4.69, 9.17) is 4.74 Å². The zero-order valence-electron chi connectivity index (χ0n) is 21.6. The van der Waals surface area contributed by atoms with E-state index >= 15 is 0 Å². The van der Waals surface area contributed by atoms with Crippen LogP contribution in [0.4, 0.5) is 11.6 Å². The standard InChI is InChI=1S/C29H37N5O2/c1-23(2)20-28(35)34-17-7-16-33(29-30-14-6-15-31-29)19-18-32(22-25-8-4-5-9-27(25)34)21-24-10-12-26(36-3)13-11-24/h4-6,8-15,23H,7,16-22H2,1-3H3. The number of nitrogens with zero attached hydrogens (tertiary/aromatic N) is 5. The van der Waals surface area contributed by atoms with Crippen LogP contribution in [0.15, 0.2) is 67.0 Å². The SMILES string of the molecule is COc1ccc(CN2CCN(c3ncccn3)CCCN(C(=O)CC(C)C)c3ccccc3C2)cc1. The van der Waals surface area contributed by atoms with Gasteiger partial charge in [0.15, 0.2) is 0 Å². The van der Waals surface area contributed by atoms with E-state index in [2.05, 4.69) is 63.9 Å². The number of carbonyl (C=O) groups is 1. The molecule has 0 saturated heterocycles. The van der Waals surface area contributed by atoms with Crippen LogP contribution in [0.2, 0.25) is 0 Å². The van der Waals surface area contributed by atoms with Crippen LogP contribution in [-0.2, 0) is 17.9 Å². The van der Waals surface area contributed by atoms with Crippen molar-refractivity contribution >= 4 is 17.5 Å². The summed E-state index contributed by atoms with van der Waals surface area (Å²) in [5.41, 5.74) is 3.42. The van der Waals surface area contributed by atoms with Crippen molar-refractivity contribution in [2.24, 2.45) is 5.92 Å². The maximum Gasteiger partial charge on any atom is 0.227 e. The zero-order chi connectivity index (χ0) is 25.3. The molecule has 7 nitrogen and oxygen atoms in total. The molecule has 190 valence electrons. The molecule has 0 spiro atoms. The number of hydrogen-bond acceptors (Lipinski definition) is 6. The summed E-state index contributed by atoms with van der Waals surface area (Å²) in [4.78, 5) is 29.1. The minimum absolute atomic E-state index is 0.181. The molecule has 0 unspecified atom stereocenters. The highest BCUT2D eigenvalue weighted by atomic mass is 16.5. The Hall–Kier alpha value is -3.45. The predicted molar refractivity (Wildman–Crippen MR) is 144 cm³/mol. The maximum absolute atomic E-state index is 13.4. The Labute approximate surface area is 214 Å². The van der Waals surface area contributed by atoms with Crippen LogP contribution in [-0.4, -0.2) is 54.1 Å². The molecule has 0 radical (unpaired) electrons. The highest BCUT2D eigenvalue weighted by Gasteiger charge is 2.23. The number of amides is 1. The molecule has 1 aliphatic rings. The van der Waals surface area contributed by atoms with Crippen molar-refractivity contribution in [1.82, 2.24) is 14.9 Å². The van der Waals surface area contributed by atoms with Crippen LogP contribution in [0.25, 0.3) is 0 Å². The smallest absolute Gasteiger partial charge is 0.227 e. The lowest BCUT2D eigenvalue weighted by molar-refractivity contribution is -0.119. The number of rotatable bonds is 6. The fourth-order valence-corrected chi connectivity index (χ4v) is 4.64. The Kier molecular flexibility index (Phi) is 8.90. The van der Waals surface area contributed by atoms with E-state index in [1.165, 1.54) is 11.1 Å². The summed E-state index contributed by atoms with van der Waals surface area (Å²) in [7, 11) is 1.69. The second kappa shape index (κ2) is 12.5. The van der Waals surface area contributed by atoms with Gasteiger partial charge in [0.25, 0.3) is 0 Å². The number of para-hydroxylation sites is 1. The van der Waals surface area contributed by atoms with Gasteiger partial charge in [0.05, 0.1) is 7.11 Å². The topological polar surface area (TPSA) is 61.8 Å². The fourth-order valence-electron chi connectivity index (χ4n) is 4.64. The largest absolute Gasteiger partial charge is 0.497 e. The van der Waals surface area contributed by atoms with E-state index in [0.29, 0.717) is 18.9 Å². The first-order valence-corrected chi connectivity index (χ1v) is 12.8. The van der Waals surface area contributed by atoms with Gasteiger partial charge in [0.2, 0.25) is 11.9 Å². The first-order valence-electron chi connectivity index (χ1n) is 12.8. The van der Waals surface area contributed by atoms with Gasteiger partial charge in [-0.2, -0.15) is 0 Å². The molecule has 0 fully saturated rings. The van der Waals surface area contributed by atoms with Gasteiger partial charge >= 0.3 is 0 Å². The quantitative estimate of drug-likeness (QED) is 0.499. The Morgan fingerprint density at radius 1 is 0.944 bits per heavy atom. The summed E-state index contributed by atoms with van der Waals surface area (Å²) in [6, 6.07) is 18.4. The third-order valence-corrected chi connectivity index (χ3v) is 6.46. The number of aromatic nitrogens is 2. The minimum atomic E-state index is 0.181. The predicted octanol–water partition coefficient (Wildman–Crippen LogP) is 4.78. The van der Waals surface area contributed by atoms with Crippen molar-refractivity contribution in [3.05, 3.63) is 78.1 Å².